The third-order valence-corrected chi connectivity index (χ3v) is 7.38. The third kappa shape index (κ3) is 5.25. The second kappa shape index (κ2) is 11.1. The maximum atomic E-state index is 13.6. The topological polar surface area (TPSA) is 43.9 Å². The first-order valence-corrected chi connectivity index (χ1v) is 12.8. The molecular weight excluding hydrogens is 453 g/mol. The minimum absolute atomic E-state index is 0.127. The molecule has 3 aromatic carbocycles. The lowest BCUT2D eigenvalue weighted by molar-refractivity contribution is -0.134. The van der Waals surface area contributed by atoms with E-state index in [1.165, 1.54) is 40.3 Å². The van der Waals surface area contributed by atoms with Crippen molar-refractivity contribution in [2.75, 3.05) is 32.7 Å². The van der Waals surface area contributed by atoms with Crippen molar-refractivity contribution in [2.45, 2.75) is 31.3 Å². The number of carbonyl (C=O) groups is 2. The molecule has 0 bridgehead atoms. The van der Waals surface area contributed by atoms with Crippen LogP contribution in [0.4, 0.5) is 4.39 Å². The van der Waals surface area contributed by atoms with Gasteiger partial charge in [0.25, 0.3) is 5.91 Å². The van der Waals surface area contributed by atoms with E-state index in [0.29, 0.717) is 12.1 Å². The van der Waals surface area contributed by atoms with Gasteiger partial charge in [-0.25, -0.2) is 4.39 Å². The van der Waals surface area contributed by atoms with Crippen molar-refractivity contribution >= 4 is 11.8 Å². The van der Waals surface area contributed by atoms with Crippen LogP contribution >= 0.6 is 0 Å². The van der Waals surface area contributed by atoms with Crippen LogP contribution in [-0.4, -0.2) is 65.3 Å². The first-order chi connectivity index (χ1) is 17.6. The molecule has 1 atom stereocenters. The van der Waals surface area contributed by atoms with Crippen LogP contribution in [0.2, 0.25) is 0 Å². The highest BCUT2D eigenvalue weighted by molar-refractivity contribution is 6.06. The van der Waals surface area contributed by atoms with Gasteiger partial charge in [0.2, 0.25) is 5.91 Å². The van der Waals surface area contributed by atoms with Gasteiger partial charge < -0.3 is 0 Å². The molecule has 0 aliphatic carbocycles. The fraction of sp³-hybridized carbons (Fsp3) is 0.333. The summed E-state index contributed by atoms with van der Waals surface area (Å²) in [5.41, 5.74) is 2.88. The Balaban J connectivity index is 1.30. The number of rotatable bonds is 5. The lowest BCUT2D eigenvalue weighted by atomic mass is 9.96. The molecule has 5 nitrogen and oxygen atoms in total. The Hall–Kier alpha value is -3.35. The van der Waals surface area contributed by atoms with Crippen molar-refractivity contribution in [2.24, 2.45) is 0 Å². The van der Waals surface area contributed by atoms with Gasteiger partial charge in [-0.1, -0.05) is 60.7 Å². The van der Waals surface area contributed by atoms with Crippen LogP contribution in [0.15, 0.2) is 84.9 Å². The number of benzene rings is 3. The standard InChI is InChI=1S/C30H32FN3O2/c31-26-16-14-25(15-17-26)29(35)34-18-8-7-13-27(30(34)36)32-19-21-33(22-20-32)28(23-9-3-1-4-10-23)24-11-5-2-6-12-24/h1-6,9-12,14-17,27-28H,7-8,13,18-22H2. The molecule has 3 aromatic rings. The molecule has 36 heavy (non-hydrogen) atoms. The Labute approximate surface area is 212 Å². The summed E-state index contributed by atoms with van der Waals surface area (Å²) in [6.45, 7) is 3.63. The lowest BCUT2D eigenvalue weighted by Gasteiger charge is -2.42. The zero-order valence-corrected chi connectivity index (χ0v) is 20.4. The predicted octanol–water partition coefficient (Wildman–Crippen LogP) is 4.75. The fourth-order valence-corrected chi connectivity index (χ4v) is 5.50. The van der Waals surface area contributed by atoms with E-state index in [1.54, 1.807) is 0 Å². The second-order valence-corrected chi connectivity index (χ2v) is 9.61. The van der Waals surface area contributed by atoms with E-state index >= 15 is 0 Å². The number of halogens is 1. The summed E-state index contributed by atoms with van der Waals surface area (Å²) in [4.78, 5) is 32.8. The largest absolute Gasteiger partial charge is 0.290 e. The third-order valence-electron chi connectivity index (χ3n) is 7.38. The summed E-state index contributed by atoms with van der Waals surface area (Å²) in [5, 5.41) is 0. The average molecular weight is 486 g/mol. The van der Waals surface area contributed by atoms with Crippen LogP contribution < -0.4 is 0 Å². The molecule has 5 rings (SSSR count). The van der Waals surface area contributed by atoms with Crippen LogP contribution in [0.5, 0.6) is 0 Å². The monoisotopic (exact) mass is 485 g/mol. The maximum absolute atomic E-state index is 13.6. The molecule has 1 unspecified atom stereocenters. The second-order valence-electron chi connectivity index (χ2n) is 9.61. The first-order valence-electron chi connectivity index (χ1n) is 12.8. The van der Waals surface area contributed by atoms with Crippen LogP contribution in [0, 0.1) is 5.82 Å². The smallest absolute Gasteiger partial charge is 0.260 e. The molecule has 0 aromatic heterocycles. The van der Waals surface area contributed by atoms with Gasteiger partial charge in [0, 0.05) is 38.3 Å². The van der Waals surface area contributed by atoms with Gasteiger partial charge in [-0.15, -0.1) is 0 Å². The highest BCUT2D eigenvalue weighted by Crippen LogP contribution is 2.30. The summed E-state index contributed by atoms with van der Waals surface area (Å²) < 4.78 is 13.3. The zero-order valence-electron chi connectivity index (χ0n) is 20.4. The van der Waals surface area contributed by atoms with E-state index in [0.717, 1.165) is 45.4 Å². The highest BCUT2D eigenvalue weighted by atomic mass is 19.1. The van der Waals surface area contributed by atoms with E-state index in [-0.39, 0.29) is 23.9 Å². The summed E-state index contributed by atoms with van der Waals surface area (Å²) in [6, 6.07) is 26.4. The summed E-state index contributed by atoms with van der Waals surface area (Å²) in [7, 11) is 0. The van der Waals surface area contributed by atoms with Gasteiger partial charge >= 0.3 is 0 Å². The van der Waals surface area contributed by atoms with Gasteiger partial charge in [0.15, 0.2) is 0 Å². The van der Waals surface area contributed by atoms with E-state index < -0.39 is 5.82 Å². The van der Waals surface area contributed by atoms with Crippen molar-refractivity contribution < 1.29 is 14.0 Å². The number of piperazine rings is 1. The van der Waals surface area contributed by atoms with Gasteiger partial charge in [-0.05, 0) is 54.7 Å². The summed E-state index contributed by atoms with van der Waals surface area (Å²) >= 11 is 0. The van der Waals surface area contributed by atoms with Gasteiger partial charge in [-0.3, -0.25) is 24.3 Å². The SMILES string of the molecule is O=C(c1ccc(F)cc1)N1CCCCC(N2CCN(C(c3ccccc3)c3ccccc3)CC2)C1=O. The molecular formula is C30H32FN3O2. The molecule has 0 N–H and O–H groups in total. The minimum Gasteiger partial charge on any atom is -0.290 e. The Morgan fingerprint density at radius 2 is 1.33 bits per heavy atom. The van der Waals surface area contributed by atoms with Crippen molar-refractivity contribution in [3.8, 4) is 0 Å². The molecule has 2 fully saturated rings. The molecule has 0 spiro atoms. The normalized spacial score (nSPS) is 19.9. The van der Waals surface area contributed by atoms with Crippen LogP contribution in [0.25, 0.3) is 0 Å². The van der Waals surface area contributed by atoms with Crippen LogP contribution in [-0.2, 0) is 4.79 Å². The van der Waals surface area contributed by atoms with E-state index in [2.05, 4.69) is 58.3 Å². The van der Waals surface area contributed by atoms with E-state index in [1.807, 2.05) is 12.1 Å². The molecule has 2 aliphatic heterocycles. The molecule has 0 saturated carbocycles. The summed E-state index contributed by atoms with van der Waals surface area (Å²) in [6.07, 6.45) is 2.45. The number of carbonyl (C=O) groups excluding carboxylic acids is 2. The molecule has 2 aliphatic rings. The lowest BCUT2D eigenvalue weighted by Crippen LogP contribution is -2.56. The van der Waals surface area contributed by atoms with Crippen molar-refractivity contribution in [3.05, 3.63) is 107 Å². The zero-order chi connectivity index (χ0) is 24.9. The number of amides is 2. The Morgan fingerprint density at radius 1 is 0.750 bits per heavy atom. The van der Waals surface area contributed by atoms with Crippen molar-refractivity contribution in [3.63, 3.8) is 0 Å². The predicted molar refractivity (Wildman–Crippen MR) is 138 cm³/mol. The van der Waals surface area contributed by atoms with Crippen molar-refractivity contribution in [1.82, 2.24) is 14.7 Å². The van der Waals surface area contributed by atoms with Crippen LogP contribution in [0.3, 0.4) is 0 Å². The number of nitrogens with zero attached hydrogens (tertiary/aromatic N) is 3. The molecule has 2 heterocycles. The molecule has 2 amide bonds. The fourth-order valence-electron chi connectivity index (χ4n) is 5.50. The van der Waals surface area contributed by atoms with Gasteiger partial charge in [-0.2, -0.15) is 0 Å². The van der Waals surface area contributed by atoms with Crippen LogP contribution in [0.1, 0.15) is 46.8 Å². The number of imide groups is 1. The Kier molecular flexibility index (Phi) is 7.54. The number of hydrogen-bond acceptors (Lipinski definition) is 4. The quantitative estimate of drug-likeness (QED) is 0.489. The van der Waals surface area contributed by atoms with E-state index in [4.69, 9.17) is 0 Å². The van der Waals surface area contributed by atoms with E-state index in [9.17, 15) is 14.0 Å². The molecule has 0 radical (unpaired) electrons. The first kappa shape index (κ1) is 24.3. The average Bonchev–Trinajstić information content (AvgIpc) is 3.12. The molecule has 6 heteroatoms. The number of likely N-dealkylation sites (tertiary alicyclic amines) is 1. The Bertz CT molecular complexity index is 1120. The molecule has 2 saturated heterocycles. The van der Waals surface area contributed by atoms with Crippen molar-refractivity contribution in [1.29, 1.82) is 0 Å². The van der Waals surface area contributed by atoms with Gasteiger partial charge in [0.1, 0.15) is 5.82 Å². The van der Waals surface area contributed by atoms with Gasteiger partial charge in [0.05, 0.1) is 12.1 Å². The molecule has 186 valence electrons. The summed E-state index contributed by atoms with van der Waals surface area (Å²) in [5.74, 6) is -0.856. The minimum atomic E-state index is -0.395. The number of hydrogen-bond donors (Lipinski definition) is 0. The maximum Gasteiger partial charge on any atom is 0.260 e. The highest BCUT2D eigenvalue weighted by Gasteiger charge is 2.37. The Morgan fingerprint density at radius 3 is 1.92 bits per heavy atom.